The van der Waals surface area contributed by atoms with E-state index in [-0.39, 0.29) is 18.1 Å². The Morgan fingerprint density at radius 2 is 1.54 bits per heavy atom. The quantitative estimate of drug-likeness (QED) is 0.873. The van der Waals surface area contributed by atoms with Crippen LogP contribution in [0, 0.1) is 5.92 Å². The van der Waals surface area contributed by atoms with E-state index in [1.807, 2.05) is 24.3 Å². The second kappa shape index (κ2) is 7.50. The van der Waals surface area contributed by atoms with Crippen molar-refractivity contribution in [2.24, 2.45) is 5.92 Å². The van der Waals surface area contributed by atoms with Crippen molar-refractivity contribution >= 4 is 6.09 Å². The molecule has 0 aromatic heterocycles. The molecule has 26 heavy (non-hydrogen) atoms. The maximum atomic E-state index is 12.1. The van der Waals surface area contributed by atoms with Crippen LogP contribution in [0.25, 0.3) is 11.1 Å². The average Bonchev–Trinajstić information content (AvgIpc) is 3.00. The molecule has 0 atom stereocenters. The largest absolute Gasteiger partial charge is 0.449 e. The fourth-order valence-corrected chi connectivity index (χ4v) is 4.23. The van der Waals surface area contributed by atoms with Crippen LogP contribution in [0.2, 0.25) is 0 Å². The van der Waals surface area contributed by atoms with Gasteiger partial charge in [0.1, 0.15) is 6.61 Å². The summed E-state index contributed by atoms with van der Waals surface area (Å²) in [6, 6.07) is 16.7. The number of ether oxygens (including phenoxy) is 1. The minimum atomic E-state index is -0.349. The number of nitrogens with one attached hydrogen (secondary N) is 1. The first-order valence-corrected chi connectivity index (χ1v) is 9.49. The Morgan fingerprint density at radius 3 is 2.15 bits per heavy atom. The van der Waals surface area contributed by atoms with Gasteiger partial charge in [0.15, 0.2) is 0 Å². The summed E-state index contributed by atoms with van der Waals surface area (Å²) in [6.07, 6.45) is 3.07. The number of hydrogen-bond donors (Lipinski definition) is 2. The van der Waals surface area contributed by atoms with E-state index in [2.05, 4.69) is 29.6 Å². The van der Waals surface area contributed by atoms with Crippen molar-refractivity contribution in [2.75, 3.05) is 13.2 Å². The minimum Gasteiger partial charge on any atom is -0.449 e. The number of hydrogen-bond acceptors (Lipinski definition) is 3. The zero-order valence-electron chi connectivity index (χ0n) is 14.9. The number of rotatable bonds is 4. The second-order valence-electron chi connectivity index (χ2n) is 7.38. The van der Waals surface area contributed by atoms with Crippen LogP contribution < -0.4 is 5.32 Å². The molecule has 2 aliphatic carbocycles. The summed E-state index contributed by atoms with van der Waals surface area (Å²) in [7, 11) is 0. The molecule has 1 saturated carbocycles. The van der Waals surface area contributed by atoms with Gasteiger partial charge in [-0.1, -0.05) is 48.5 Å². The van der Waals surface area contributed by atoms with Crippen molar-refractivity contribution in [3.8, 4) is 11.1 Å². The lowest BCUT2D eigenvalue weighted by atomic mass is 9.87. The summed E-state index contributed by atoms with van der Waals surface area (Å²) >= 11 is 0. The van der Waals surface area contributed by atoms with E-state index in [1.165, 1.54) is 22.3 Å². The van der Waals surface area contributed by atoms with Gasteiger partial charge >= 0.3 is 6.09 Å². The van der Waals surface area contributed by atoms with Crippen molar-refractivity contribution < 1.29 is 14.6 Å². The van der Waals surface area contributed by atoms with Crippen molar-refractivity contribution in [3.63, 3.8) is 0 Å². The Kier molecular flexibility index (Phi) is 4.93. The van der Waals surface area contributed by atoms with Crippen molar-refractivity contribution in [2.45, 2.75) is 37.7 Å². The van der Waals surface area contributed by atoms with Gasteiger partial charge in [-0.05, 0) is 53.9 Å². The number of aliphatic hydroxyl groups excluding tert-OH is 1. The van der Waals surface area contributed by atoms with Crippen LogP contribution in [0.15, 0.2) is 48.5 Å². The monoisotopic (exact) mass is 351 g/mol. The van der Waals surface area contributed by atoms with Gasteiger partial charge in [0.25, 0.3) is 0 Å². The smallest absolute Gasteiger partial charge is 0.407 e. The van der Waals surface area contributed by atoms with E-state index >= 15 is 0 Å². The number of carbonyl (C=O) groups is 1. The van der Waals surface area contributed by atoms with Gasteiger partial charge in [0, 0.05) is 12.5 Å². The van der Waals surface area contributed by atoms with Gasteiger partial charge in [0.05, 0.1) is 6.10 Å². The molecule has 2 aliphatic rings. The molecule has 2 aromatic carbocycles. The SMILES string of the molecule is O=C(NCC1CCC(O)CC1)OCC1c2ccccc2-c2ccccc21. The summed E-state index contributed by atoms with van der Waals surface area (Å²) in [4.78, 5) is 12.1. The molecule has 136 valence electrons. The molecule has 0 heterocycles. The lowest BCUT2D eigenvalue weighted by Gasteiger charge is -2.25. The molecular weight excluding hydrogens is 326 g/mol. The minimum absolute atomic E-state index is 0.0953. The van der Waals surface area contributed by atoms with E-state index in [9.17, 15) is 9.90 Å². The molecule has 0 radical (unpaired) electrons. The standard InChI is InChI=1S/C22H25NO3/c24-16-11-9-15(10-12-16)13-23-22(25)26-14-21-19-7-3-1-5-17(19)18-6-2-4-8-20(18)21/h1-8,15-16,21,24H,9-14H2,(H,23,25). The Labute approximate surface area is 154 Å². The second-order valence-corrected chi connectivity index (χ2v) is 7.38. The fourth-order valence-electron chi connectivity index (χ4n) is 4.23. The number of fused-ring (bicyclic) bond motifs is 3. The topological polar surface area (TPSA) is 58.6 Å². The third-order valence-corrected chi connectivity index (χ3v) is 5.70. The number of carbonyl (C=O) groups excluding carboxylic acids is 1. The first-order valence-electron chi connectivity index (χ1n) is 9.49. The molecule has 0 unspecified atom stereocenters. The van der Waals surface area contributed by atoms with E-state index in [1.54, 1.807) is 0 Å². The molecule has 0 bridgehead atoms. The Bertz CT molecular complexity index is 735. The maximum absolute atomic E-state index is 12.1. The summed E-state index contributed by atoms with van der Waals surface area (Å²) in [5, 5.41) is 12.5. The number of alkyl carbamates (subject to hydrolysis) is 1. The van der Waals surface area contributed by atoms with Crippen molar-refractivity contribution in [1.29, 1.82) is 0 Å². The van der Waals surface area contributed by atoms with Crippen LogP contribution in [-0.4, -0.2) is 30.5 Å². The normalized spacial score (nSPS) is 21.7. The molecule has 0 aliphatic heterocycles. The van der Waals surface area contributed by atoms with Gasteiger partial charge < -0.3 is 15.2 Å². The highest BCUT2D eigenvalue weighted by Crippen LogP contribution is 2.44. The zero-order chi connectivity index (χ0) is 17.9. The number of aliphatic hydroxyl groups is 1. The third-order valence-electron chi connectivity index (χ3n) is 5.70. The summed E-state index contributed by atoms with van der Waals surface area (Å²) in [6.45, 7) is 0.979. The molecule has 4 heteroatoms. The first-order chi connectivity index (χ1) is 12.7. The fraction of sp³-hybridized carbons (Fsp3) is 0.409. The molecule has 1 fully saturated rings. The number of benzene rings is 2. The lowest BCUT2D eigenvalue weighted by molar-refractivity contribution is 0.105. The van der Waals surface area contributed by atoms with Gasteiger partial charge in [-0.15, -0.1) is 0 Å². The van der Waals surface area contributed by atoms with E-state index in [0.29, 0.717) is 19.1 Å². The first kappa shape index (κ1) is 17.1. The molecule has 4 rings (SSSR count). The predicted molar refractivity (Wildman–Crippen MR) is 101 cm³/mol. The molecular formula is C22H25NO3. The molecule has 0 saturated heterocycles. The Hall–Kier alpha value is -2.33. The van der Waals surface area contributed by atoms with Crippen LogP contribution >= 0.6 is 0 Å². The van der Waals surface area contributed by atoms with Crippen molar-refractivity contribution in [1.82, 2.24) is 5.32 Å². The van der Waals surface area contributed by atoms with Crippen LogP contribution in [0.5, 0.6) is 0 Å². The van der Waals surface area contributed by atoms with Gasteiger partial charge in [-0.25, -0.2) is 4.79 Å². The molecule has 4 nitrogen and oxygen atoms in total. The lowest BCUT2D eigenvalue weighted by Crippen LogP contribution is -2.33. The highest BCUT2D eigenvalue weighted by atomic mass is 16.5. The van der Waals surface area contributed by atoms with Crippen molar-refractivity contribution in [3.05, 3.63) is 59.7 Å². The Morgan fingerprint density at radius 1 is 0.962 bits per heavy atom. The highest BCUT2D eigenvalue weighted by molar-refractivity contribution is 5.79. The van der Waals surface area contributed by atoms with Gasteiger partial charge in [0.2, 0.25) is 0 Å². The highest BCUT2D eigenvalue weighted by Gasteiger charge is 2.29. The summed E-state index contributed by atoms with van der Waals surface area (Å²) in [5.41, 5.74) is 4.92. The third kappa shape index (κ3) is 3.47. The predicted octanol–water partition coefficient (Wildman–Crippen LogP) is 4.08. The van der Waals surface area contributed by atoms with Gasteiger partial charge in [-0.2, -0.15) is 0 Å². The molecule has 2 aromatic rings. The van der Waals surface area contributed by atoms with Gasteiger partial charge in [-0.3, -0.25) is 0 Å². The summed E-state index contributed by atoms with van der Waals surface area (Å²) in [5.74, 6) is 0.539. The average molecular weight is 351 g/mol. The molecule has 0 spiro atoms. The van der Waals surface area contributed by atoms with E-state index in [4.69, 9.17) is 4.74 Å². The van der Waals surface area contributed by atoms with Crippen LogP contribution in [-0.2, 0) is 4.74 Å². The van der Waals surface area contributed by atoms with Crippen LogP contribution in [0.3, 0.4) is 0 Å². The summed E-state index contributed by atoms with van der Waals surface area (Å²) < 4.78 is 5.55. The zero-order valence-corrected chi connectivity index (χ0v) is 14.9. The van der Waals surface area contributed by atoms with E-state index in [0.717, 1.165) is 25.7 Å². The van der Waals surface area contributed by atoms with Crippen LogP contribution in [0.1, 0.15) is 42.7 Å². The Balaban J connectivity index is 1.35. The van der Waals surface area contributed by atoms with E-state index < -0.39 is 0 Å². The number of amides is 1. The molecule has 1 amide bonds. The van der Waals surface area contributed by atoms with Crippen LogP contribution in [0.4, 0.5) is 4.79 Å². The molecule has 2 N–H and O–H groups in total. The maximum Gasteiger partial charge on any atom is 0.407 e.